The van der Waals surface area contributed by atoms with Crippen LogP contribution in [0.3, 0.4) is 0 Å². The topological polar surface area (TPSA) is 45.5 Å². The fourth-order valence-corrected chi connectivity index (χ4v) is 2.44. The molecule has 0 fully saturated rings. The van der Waals surface area contributed by atoms with Gasteiger partial charge in [0.2, 0.25) is 0 Å². The number of hydrazine groups is 1. The average molecular weight is 332 g/mol. The van der Waals surface area contributed by atoms with Crippen LogP contribution in [-0.4, -0.2) is 5.91 Å². The summed E-state index contributed by atoms with van der Waals surface area (Å²) >= 11 is 0. The summed E-state index contributed by atoms with van der Waals surface area (Å²) in [5.74, 6) is 1.26. The van der Waals surface area contributed by atoms with Crippen molar-refractivity contribution in [1.29, 1.82) is 0 Å². The summed E-state index contributed by atoms with van der Waals surface area (Å²) in [6.07, 6.45) is 3.13. The van der Waals surface area contributed by atoms with Gasteiger partial charge in [-0.05, 0) is 42.8 Å². The number of nitrogens with zero attached hydrogens (tertiary/aromatic N) is 1. The molecule has 1 N–H and O–H groups in total. The number of rotatable bonds is 6. The second-order valence-corrected chi connectivity index (χ2v) is 5.67. The van der Waals surface area contributed by atoms with Gasteiger partial charge in [-0.25, -0.2) is 0 Å². The molecule has 0 saturated carbocycles. The van der Waals surface area contributed by atoms with Gasteiger partial charge in [0.05, 0.1) is 12.2 Å². The molecule has 126 valence electrons. The number of furan rings is 1. The monoisotopic (exact) mass is 332 g/mol. The molecule has 2 aromatic carbocycles. The van der Waals surface area contributed by atoms with Gasteiger partial charge < -0.3 is 4.42 Å². The third kappa shape index (κ3) is 4.85. The number of carbonyl (C=O) groups excluding carboxylic acids is 1. The van der Waals surface area contributed by atoms with E-state index < -0.39 is 0 Å². The minimum atomic E-state index is -0.214. The molecule has 1 aromatic heterocycles. The van der Waals surface area contributed by atoms with E-state index in [0.29, 0.717) is 12.3 Å². The Labute approximate surface area is 147 Å². The lowest BCUT2D eigenvalue weighted by atomic mass is 10.2. The van der Waals surface area contributed by atoms with Crippen LogP contribution in [0.15, 0.2) is 83.3 Å². The van der Waals surface area contributed by atoms with E-state index in [4.69, 9.17) is 4.42 Å². The second-order valence-electron chi connectivity index (χ2n) is 5.67. The van der Waals surface area contributed by atoms with Crippen LogP contribution in [-0.2, 0) is 11.3 Å². The molecule has 4 nitrogen and oxygen atoms in total. The van der Waals surface area contributed by atoms with Crippen molar-refractivity contribution in [3.8, 4) is 0 Å². The Kier molecular flexibility index (Phi) is 5.32. The Bertz CT molecular complexity index is 839. The number of carbonyl (C=O) groups is 1. The molecule has 0 bridgehead atoms. The Balaban J connectivity index is 1.73. The quantitative estimate of drug-likeness (QED) is 0.539. The maximum atomic E-state index is 12.3. The highest BCUT2D eigenvalue weighted by Gasteiger charge is 2.09. The van der Waals surface area contributed by atoms with Crippen molar-refractivity contribution >= 4 is 17.7 Å². The predicted octanol–water partition coefficient (Wildman–Crippen LogP) is 4.34. The van der Waals surface area contributed by atoms with Crippen molar-refractivity contribution in [2.75, 3.05) is 5.01 Å². The van der Waals surface area contributed by atoms with Crippen molar-refractivity contribution < 1.29 is 9.21 Å². The molecule has 0 radical (unpaired) electrons. The van der Waals surface area contributed by atoms with Gasteiger partial charge >= 0.3 is 0 Å². The number of anilines is 1. The molecule has 3 aromatic rings. The Hall–Kier alpha value is -3.27. The lowest BCUT2D eigenvalue weighted by Gasteiger charge is -2.25. The summed E-state index contributed by atoms with van der Waals surface area (Å²) in [5.41, 5.74) is 4.95. The van der Waals surface area contributed by atoms with Crippen molar-refractivity contribution in [2.45, 2.75) is 13.5 Å². The molecule has 25 heavy (non-hydrogen) atoms. The SMILES string of the molecule is Cc1ccc(/C=C/C(=O)NN(Cc2ccccc2)c2ccccc2)o1. The number of benzene rings is 2. The molecule has 1 amide bonds. The normalized spacial score (nSPS) is 10.8. The molecular formula is C21H20N2O2. The largest absolute Gasteiger partial charge is 0.462 e. The number of hydrogen-bond acceptors (Lipinski definition) is 3. The number of para-hydroxylation sites is 1. The third-order valence-electron chi connectivity index (χ3n) is 3.66. The van der Waals surface area contributed by atoms with Crippen LogP contribution in [0.2, 0.25) is 0 Å². The molecule has 0 aliphatic carbocycles. The van der Waals surface area contributed by atoms with Gasteiger partial charge in [-0.15, -0.1) is 0 Å². The average Bonchev–Trinajstić information content (AvgIpc) is 3.06. The Morgan fingerprint density at radius 3 is 2.32 bits per heavy atom. The first-order valence-electron chi connectivity index (χ1n) is 8.12. The van der Waals surface area contributed by atoms with E-state index in [1.807, 2.05) is 84.7 Å². The minimum absolute atomic E-state index is 0.214. The van der Waals surface area contributed by atoms with Gasteiger partial charge in [-0.1, -0.05) is 48.5 Å². The van der Waals surface area contributed by atoms with Crippen molar-refractivity contribution in [2.24, 2.45) is 0 Å². The first-order valence-corrected chi connectivity index (χ1v) is 8.12. The molecule has 4 heteroatoms. The van der Waals surface area contributed by atoms with Crippen LogP contribution in [0, 0.1) is 6.92 Å². The highest BCUT2D eigenvalue weighted by atomic mass is 16.3. The molecule has 0 spiro atoms. The van der Waals surface area contributed by atoms with E-state index in [1.165, 1.54) is 6.08 Å². The number of nitrogens with one attached hydrogen (secondary N) is 1. The van der Waals surface area contributed by atoms with Crippen LogP contribution in [0.25, 0.3) is 6.08 Å². The van der Waals surface area contributed by atoms with Gasteiger partial charge in [0.25, 0.3) is 5.91 Å². The van der Waals surface area contributed by atoms with Crippen molar-refractivity contribution in [3.63, 3.8) is 0 Å². The fraction of sp³-hybridized carbons (Fsp3) is 0.0952. The number of hydrogen-bond donors (Lipinski definition) is 1. The summed E-state index contributed by atoms with van der Waals surface area (Å²) in [7, 11) is 0. The predicted molar refractivity (Wildman–Crippen MR) is 99.7 cm³/mol. The van der Waals surface area contributed by atoms with Gasteiger partial charge in [0.1, 0.15) is 11.5 Å². The number of amides is 1. The summed E-state index contributed by atoms with van der Waals surface area (Å²) in [4.78, 5) is 12.3. The van der Waals surface area contributed by atoms with E-state index in [1.54, 1.807) is 6.08 Å². The molecule has 0 aliphatic rings. The fourth-order valence-electron chi connectivity index (χ4n) is 2.44. The zero-order valence-corrected chi connectivity index (χ0v) is 14.1. The van der Waals surface area contributed by atoms with E-state index in [-0.39, 0.29) is 5.91 Å². The van der Waals surface area contributed by atoms with E-state index in [0.717, 1.165) is 17.0 Å². The van der Waals surface area contributed by atoms with Crippen LogP contribution >= 0.6 is 0 Å². The molecule has 0 unspecified atom stereocenters. The summed E-state index contributed by atoms with van der Waals surface area (Å²) in [6, 6.07) is 23.5. The number of aryl methyl sites for hydroxylation is 1. The molecule has 0 atom stereocenters. The van der Waals surface area contributed by atoms with Crippen molar-refractivity contribution in [3.05, 3.63) is 96.0 Å². The highest BCUT2D eigenvalue weighted by molar-refractivity contribution is 5.92. The Morgan fingerprint density at radius 2 is 1.68 bits per heavy atom. The molecule has 0 aliphatic heterocycles. The molecule has 3 rings (SSSR count). The van der Waals surface area contributed by atoms with Gasteiger partial charge in [-0.2, -0.15) is 0 Å². The van der Waals surface area contributed by atoms with E-state index >= 15 is 0 Å². The zero-order chi connectivity index (χ0) is 17.5. The van der Waals surface area contributed by atoms with Gasteiger partial charge in [0, 0.05) is 6.08 Å². The van der Waals surface area contributed by atoms with Crippen molar-refractivity contribution in [1.82, 2.24) is 5.43 Å². The maximum absolute atomic E-state index is 12.3. The smallest absolute Gasteiger partial charge is 0.262 e. The molecular weight excluding hydrogens is 312 g/mol. The second kappa shape index (κ2) is 8.02. The van der Waals surface area contributed by atoms with E-state index in [2.05, 4.69) is 5.43 Å². The van der Waals surface area contributed by atoms with Crippen LogP contribution in [0.1, 0.15) is 17.1 Å². The summed E-state index contributed by atoms with van der Waals surface area (Å²) in [6.45, 7) is 2.44. The zero-order valence-electron chi connectivity index (χ0n) is 14.1. The highest BCUT2D eigenvalue weighted by Crippen LogP contribution is 2.15. The van der Waals surface area contributed by atoms with Crippen LogP contribution < -0.4 is 10.4 Å². The van der Waals surface area contributed by atoms with E-state index in [9.17, 15) is 4.79 Å². The van der Waals surface area contributed by atoms with Crippen LogP contribution in [0.4, 0.5) is 5.69 Å². The lowest BCUT2D eigenvalue weighted by molar-refractivity contribution is -0.116. The lowest BCUT2D eigenvalue weighted by Crippen LogP contribution is -2.41. The standard InChI is InChI=1S/C21H20N2O2/c1-17-12-13-20(25-17)14-15-21(24)22-23(19-10-6-3-7-11-19)16-18-8-4-2-5-9-18/h2-15H,16H2,1H3,(H,22,24)/b15-14+. The first kappa shape index (κ1) is 16.6. The molecule has 1 heterocycles. The summed E-state index contributed by atoms with van der Waals surface area (Å²) < 4.78 is 5.44. The maximum Gasteiger partial charge on any atom is 0.262 e. The third-order valence-corrected chi connectivity index (χ3v) is 3.66. The van der Waals surface area contributed by atoms with Gasteiger partial charge in [0.15, 0.2) is 0 Å². The van der Waals surface area contributed by atoms with Crippen LogP contribution in [0.5, 0.6) is 0 Å². The molecule has 0 saturated heterocycles. The van der Waals surface area contributed by atoms with Gasteiger partial charge in [-0.3, -0.25) is 15.2 Å². The Morgan fingerprint density at radius 1 is 1.00 bits per heavy atom. The summed E-state index contributed by atoms with van der Waals surface area (Å²) in [5, 5.41) is 1.83. The first-order chi connectivity index (χ1) is 12.2. The minimum Gasteiger partial charge on any atom is -0.462 e.